The first-order valence-electron chi connectivity index (χ1n) is 5.13. The Balaban J connectivity index is 2.09. The highest BCUT2D eigenvalue weighted by molar-refractivity contribution is 9.10. The van der Waals surface area contributed by atoms with Crippen molar-refractivity contribution >= 4 is 15.9 Å². The lowest BCUT2D eigenvalue weighted by molar-refractivity contribution is 0.302. The van der Waals surface area contributed by atoms with Gasteiger partial charge in [0, 0.05) is 24.0 Å². The normalized spacial score (nSPS) is 10.3. The lowest BCUT2D eigenvalue weighted by Gasteiger charge is -2.08. The lowest BCUT2D eigenvalue weighted by Crippen LogP contribution is -1.97. The molecule has 1 heterocycles. The van der Waals surface area contributed by atoms with Gasteiger partial charge in [-0.2, -0.15) is 0 Å². The fraction of sp³-hybridized carbons (Fsp3) is 0.154. The number of pyridine rings is 1. The van der Waals surface area contributed by atoms with Crippen LogP contribution in [0.3, 0.4) is 0 Å². The Morgan fingerprint density at radius 2 is 2.12 bits per heavy atom. The Labute approximate surface area is 108 Å². The minimum Gasteiger partial charge on any atom is -0.488 e. The van der Waals surface area contributed by atoms with E-state index in [2.05, 4.69) is 20.9 Å². The van der Waals surface area contributed by atoms with Gasteiger partial charge in [-0.3, -0.25) is 4.98 Å². The number of nitrogens with zero attached hydrogens (tertiary/aromatic N) is 1. The number of aromatic nitrogens is 1. The minimum atomic E-state index is -0.314. The number of benzene rings is 1. The molecule has 0 atom stereocenters. The monoisotopic (exact) mass is 295 g/mol. The van der Waals surface area contributed by atoms with Gasteiger partial charge in [0.05, 0.1) is 4.47 Å². The summed E-state index contributed by atoms with van der Waals surface area (Å²) in [5.74, 6) is 0.178. The molecule has 0 saturated carbocycles. The van der Waals surface area contributed by atoms with E-state index in [1.165, 1.54) is 12.1 Å². The van der Waals surface area contributed by atoms with Crippen molar-refractivity contribution in [3.05, 3.63) is 58.1 Å². The van der Waals surface area contributed by atoms with Gasteiger partial charge in [-0.15, -0.1) is 0 Å². The maximum absolute atomic E-state index is 13.0. The van der Waals surface area contributed by atoms with Gasteiger partial charge in [-0.05, 0) is 46.6 Å². The second kappa shape index (κ2) is 5.27. The van der Waals surface area contributed by atoms with Crippen LogP contribution < -0.4 is 4.74 Å². The zero-order valence-corrected chi connectivity index (χ0v) is 10.9. The number of hydrogen-bond acceptors (Lipinski definition) is 2. The zero-order chi connectivity index (χ0) is 12.3. The Hall–Kier alpha value is -1.42. The molecule has 2 rings (SSSR count). The van der Waals surface area contributed by atoms with Gasteiger partial charge in [0.1, 0.15) is 18.2 Å². The second-order valence-electron chi connectivity index (χ2n) is 3.73. The molecule has 0 aliphatic heterocycles. The molecule has 2 aromatic rings. The Kier molecular flexibility index (Phi) is 3.74. The summed E-state index contributed by atoms with van der Waals surface area (Å²) in [6.45, 7) is 2.34. The molecule has 17 heavy (non-hydrogen) atoms. The Morgan fingerprint density at radius 1 is 1.29 bits per heavy atom. The minimum absolute atomic E-state index is 0.314. The number of halogens is 2. The topological polar surface area (TPSA) is 22.1 Å². The predicted octanol–water partition coefficient (Wildman–Crippen LogP) is 3.87. The summed E-state index contributed by atoms with van der Waals surface area (Å²) in [5.41, 5.74) is 2.03. The van der Waals surface area contributed by atoms with Crippen molar-refractivity contribution < 1.29 is 9.13 Å². The van der Waals surface area contributed by atoms with Crippen LogP contribution in [0.15, 0.2) is 41.1 Å². The number of hydrogen-bond donors (Lipinski definition) is 0. The molecule has 4 heteroatoms. The van der Waals surface area contributed by atoms with Gasteiger partial charge in [0.2, 0.25) is 0 Å². The van der Waals surface area contributed by atoms with Gasteiger partial charge >= 0.3 is 0 Å². The first kappa shape index (κ1) is 12.0. The molecule has 0 fully saturated rings. The van der Waals surface area contributed by atoms with Gasteiger partial charge in [0.25, 0.3) is 0 Å². The van der Waals surface area contributed by atoms with Gasteiger partial charge in [-0.1, -0.05) is 0 Å². The molecular formula is C13H11BrFNO. The highest BCUT2D eigenvalue weighted by atomic mass is 79.9. The van der Waals surface area contributed by atoms with Crippen molar-refractivity contribution in [3.8, 4) is 5.75 Å². The van der Waals surface area contributed by atoms with Crippen LogP contribution in [0.4, 0.5) is 4.39 Å². The van der Waals surface area contributed by atoms with Crippen molar-refractivity contribution in [2.45, 2.75) is 13.5 Å². The van der Waals surface area contributed by atoms with E-state index in [0.29, 0.717) is 12.4 Å². The lowest BCUT2D eigenvalue weighted by atomic mass is 10.2. The molecule has 2 nitrogen and oxygen atoms in total. The molecular weight excluding hydrogens is 285 g/mol. The van der Waals surface area contributed by atoms with Gasteiger partial charge < -0.3 is 4.74 Å². The third kappa shape index (κ3) is 3.27. The van der Waals surface area contributed by atoms with E-state index in [-0.39, 0.29) is 5.82 Å². The molecule has 0 aliphatic carbocycles. The van der Waals surface area contributed by atoms with Crippen LogP contribution in [0.2, 0.25) is 0 Å². The van der Waals surface area contributed by atoms with Crippen LogP contribution >= 0.6 is 15.9 Å². The molecule has 0 aliphatic rings. The summed E-state index contributed by atoms with van der Waals surface area (Å²) in [4.78, 5) is 4.07. The van der Waals surface area contributed by atoms with Gasteiger partial charge in [-0.25, -0.2) is 4.39 Å². The van der Waals surface area contributed by atoms with E-state index >= 15 is 0 Å². The summed E-state index contributed by atoms with van der Waals surface area (Å²) in [6, 6.07) is 6.35. The summed E-state index contributed by atoms with van der Waals surface area (Å²) in [7, 11) is 0. The summed E-state index contributed by atoms with van der Waals surface area (Å²) in [6.07, 6.45) is 3.52. The van der Waals surface area contributed by atoms with E-state index in [0.717, 1.165) is 15.6 Å². The molecule has 0 radical (unpaired) electrons. The second-order valence-corrected chi connectivity index (χ2v) is 4.59. The first-order chi connectivity index (χ1) is 8.15. The van der Waals surface area contributed by atoms with Crippen LogP contribution in [-0.2, 0) is 6.61 Å². The average molecular weight is 296 g/mol. The molecule has 0 amide bonds. The highest BCUT2D eigenvalue weighted by Crippen LogP contribution is 2.26. The third-order valence-electron chi connectivity index (χ3n) is 2.22. The van der Waals surface area contributed by atoms with E-state index in [1.807, 2.05) is 13.0 Å². The zero-order valence-electron chi connectivity index (χ0n) is 9.28. The third-order valence-corrected chi connectivity index (χ3v) is 2.87. The molecule has 88 valence electrons. The maximum atomic E-state index is 13.0. The average Bonchev–Trinajstić information content (AvgIpc) is 2.30. The number of ether oxygens (including phenoxy) is 1. The smallest absolute Gasteiger partial charge is 0.136 e. The molecule has 0 spiro atoms. The van der Waals surface area contributed by atoms with Gasteiger partial charge in [0.15, 0.2) is 0 Å². The van der Waals surface area contributed by atoms with Crippen molar-refractivity contribution in [1.29, 1.82) is 0 Å². The van der Waals surface area contributed by atoms with Crippen LogP contribution in [-0.4, -0.2) is 4.98 Å². The first-order valence-corrected chi connectivity index (χ1v) is 5.93. The summed E-state index contributed by atoms with van der Waals surface area (Å²) in [5, 5.41) is 0. The molecule has 1 aromatic carbocycles. The summed E-state index contributed by atoms with van der Waals surface area (Å²) >= 11 is 3.31. The molecule has 0 unspecified atom stereocenters. The van der Waals surface area contributed by atoms with E-state index in [9.17, 15) is 4.39 Å². The number of rotatable bonds is 3. The molecule has 1 aromatic heterocycles. The van der Waals surface area contributed by atoms with Crippen molar-refractivity contribution in [3.63, 3.8) is 0 Å². The molecule has 0 saturated heterocycles. The van der Waals surface area contributed by atoms with E-state index in [4.69, 9.17) is 4.74 Å². The van der Waals surface area contributed by atoms with E-state index in [1.54, 1.807) is 18.5 Å². The number of aryl methyl sites for hydroxylation is 1. The van der Waals surface area contributed by atoms with E-state index < -0.39 is 0 Å². The standard InChI is InChI=1S/C13H11BrFNO/c1-9-4-10(7-16-6-9)8-17-13-5-11(15)2-3-12(13)14/h2-7H,8H2,1H3. The Bertz CT molecular complexity index is 531. The fourth-order valence-corrected chi connectivity index (χ4v) is 1.81. The highest BCUT2D eigenvalue weighted by Gasteiger charge is 2.03. The van der Waals surface area contributed by atoms with Crippen molar-refractivity contribution in [2.24, 2.45) is 0 Å². The maximum Gasteiger partial charge on any atom is 0.136 e. The summed E-state index contributed by atoms with van der Waals surface area (Å²) < 4.78 is 19.3. The van der Waals surface area contributed by atoms with Crippen molar-refractivity contribution in [1.82, 2.24) is 4.98 Å². The Morgan fingerprint density at radius 3 is 2.88 bits per heavy atom. The van der Waals surface area contributed by atoms with Crippen LogP contribution in [0.25, 0.3) is 0 Å². The fourth-order valence-electron chi connectivity index (χ4n) is 1.45. The van der Waals surface area contributed by atoms with Crippen LogP contribution in [0, 0.1) is 12.7 Å². The van der Waals surface area contributed by atoms with Crippen LogP contribution in [0.1, 0.15) is 11.1 Å². The largest absolute Gasteiger partial charge is 0.488 e. The SMILES string of the molecule is Cc1cncc(COc2cc(F)ccc2Br)c1. The molecule has 0 bridgehead atoms. The predicted molar refractivity (Wildman–Crippen MR) is 67.4 cm³/mol. The quantitative estimate of drug-likeness (QED) is 0.857. The van der Waals surface area contributed by atoms with Crippen molar-refractivity contribution in [2.75, 3.05) is 0 Å². The molecule has 0 N–H and O–H groups in total. The van der Waals surface area contributed by atoms with Crippen LogP contribution in [0.5, 0.6) is 5.75 Å².